The Kier molecular flexibility index (Phi) is 7.03. The molecule has 0 amide bonds. The molecule has 0 bridgehead atoms. The molecule has 2 nitrogen and oxygen atoms in total. The Hall–Kier alpha value is -2.68. The summed E-state index contributed by atoms with van der Waals surface area (Å²) in [6.45, 7) is 7.63. The molecule has 0 radical (unpaired) electrons. The Balaban J connectivity index is 1.92. The SMILES string of the molecule is C=C/C(N)=N\C=C(/C)c1ccc(C2CCC2)c(CCc2cccc(CC)c2)c1F. The van der Waals surface area contributed by atoms with Crippen LogP contribution >= 0.6 is 0 Å². The van der Waals surface area contributed by atoms with Crippen molar-refractivity contribution in [3.63, 3.8) is 0 Å². The van der Waals surface area contributed by atoms with E-state index in [0.29, 0.717) is 23.7 Å². The molecule has 0 heterocycles. The Morgan fingerprint density at radius 1 is 1.21 bits per heavy atom. The third kappa shape index (κ3) is 5.03. The molecular weight excluding hydrogens is 359 g/mol. The first kappa shape index (κ1) is 21.0. The van der Waals surface area contributed by atoms with Crippen LogP contribution in [0.3, 0.4) is 0 Å². The highest BCUT2D eigenvalue weighted by Crippen LogP contribution is 2.40. The molecule has 0 atom stereocenters. The number of hydrogen-bond donors (Lipinski definition) is 1. The molecule has 0 aromatic heterocycles. The number of aliphatic imine (C=N–C) groups is 1. The molecule has 1 aliphatic carbocycles. The first-order valence-electron chi connectivity index (χ1n) is 10.6. The molecule has 1 saturated carbocycles. The van der Waals surface area contributed by atoms with Crippen LogP contribution in [-0.2, 0) is 19.3 Å². The second-order valence-corrected chi connectivity index (χ2v) is 7.87. The van der Waals surface area contributed by atoms with E-state index in [4.69, 9.17) is 5.73 Å². The van der Waals surface area contributed by atoms with Crippen LogP contribution in [0.25, 0.3) is 5.57 Å². The molecule has 0 saturated heterocycles. The minimum atomic E-state index is -0.109. The van der Waals surface area contributed by atoms with Crippen LogP contribution in [0.4, 0.5) is 4.39 Å². The van der Waals surface area contributed by atoms with Crippen molar-refractivity contribution >= 4 is 11.4 Å². The van der Waals surface area contributed by atoms with Crippen molar-refractivity contribution in [2.24, 2.45) is 10.7 Å². The van der Waals surface area contributed by atoms with Gasteiger partial charge in [-0.15, -0.1) is 0 Å². The van der Waals surface area contributed by atoms with Crippen molar-refractivity contribution in [2.75, 3.05) is 0 Å². The Bertz CT molecular complexity index is 936. The molecule has 2 aromatic carbocycles. The average Bonchev–Trinajstić information content (AvgIpc) is 2.70. The largest absolute Gasteiger partial charge is 0.384 e. The molecule has 1 aliphatic rings. The van der Waals surface area contributed by atoms with Gasteiger partial charge in [0.2, 0.25) is 0 Å². The predicted molar refractivity (Wildman–Crippen MR) is 122 cm³/mol. The third-order valence-corrected chi connectivity index (χ3v) is 5.93. The fraction of sp³-hybridized carbons (Fsp3) is 0.346. The first-order valence-corrected chi connectivity index (χ1v) is 10.6. The lowest BCUT2D eigenvalue weighted by atomic mass is 9.76. The van der Waals surface area contributed by atoms with E-state index in [-0.39, 0.29) is 5.82 Å². The molecule has 0 spiro atoms. The van der Waals surface area contributed by atoms with E-state index in [2.05, 4.69) is 48.8 Å². The molecule has 2 aromatic rings. The van der Waals surface area contributed by atoms with E-state index in [1.54, 1.807) is 6.20 Å². The van der Waals surface area contributed by atoms with Crippen LogP contribution in [0.15, 0.2) is 60.2 Å². The van der Waals surface area contributed by atoms with E-state index in [9.17, 15) is 0 Å². The summed E-state index contributed by atoms with van der Waals surface area (Å²) in [4.78, 5) is 4.13. The summed E-state index contributed by atoms with van der Waals surface area (Å²) in [6, 6.07) is 12.6. The zero-order chi connectivity index (χ0) is 20.8. The van der Waals surface area contributed by atoms with E-state index >= 15 is 4.39 Å². The summed E-state index contributed by atoms with van der Waals surface area (Å²) in [5, 5.41) is 0. The van der Waals surface area contributed by atoms with Crippen molar-refractivity contribution in [3.8, 4) is 0 Å². The smallest absolute Gasteiger partial charge is 0.134 e. The molecule has 2 N–H and O–H groups in total. The van der Waals surface area contributed by atoms with Gasteiger partial charge in [0.15, 0.2) is 0 Å². The summed E-state index contributed by atoms with van der Waals surface area (Å²) < 4.78 is 15.6. The molecule has 3 heteroatoms. The highest BCUT2D eigenvalue weighted by molar-refractivity contribution is 5.91. The van der Waals surface area contributed by atoms with E-state index in [0.717, 1.165) is 36.8 Å². The van der Waals surface area contributed by atoms with Crippen LogP contribution < -0.4 is 5.73 Å². The monoisotopic (exact) mass is 390 g/mol. The maximum atomic E-state index is 15.6. The first-order chi connectivity index (χ1) is 14.0. The van der Waals surface area contributed by atoms with Gasteiger partial charge in [-0.3, -0.25) is 0 Å². The van der Waals surface area contributed by atoms with Gasteiger partial charge in [-0.25, -0.2) is 9.38 Å². The Morgan fingerprint density at radius 2 is 1.97 bits per heavy atom. The molecule has 1 fully saturated rings. The maximum Gasteiger partial charge on any atom is 0.134 e. The summed E-state index contributed by atoms with van der Waals surface area (Å²) in [7, 11) is 0. The number of nitrogens with zero attached hydrogens (tertiary/aromatic N) is 1. The lowest BCUT2D eigenvalue weighted by molar-refractivity contribution is 0.414. The molecular formula is C26H31FN2. The summed E-state index contributed by atoms with van der Waals surface area (Å²) in [5.41, 5.74) is 11.7. The van der Waals surface area contributed by atoms with Gasteiger partial charge in [0.25, 0.3) is 0 Å². The van der Waals surface area contributed by atoms with Gasteiger partial charge < -0.3 is 5.73 Å². The van der Waals surface area contributed by atoms with Gasteiger partial charge >= 0.3 is 0 Å². The van der Waals surface area contributed by atoms with Gasteiger partial charge in [-0.05, 0) is 78.8 Å². The van der Waals surface area contributed by atoms with Crippen LogP contribution in [-0.4, -0.2) is 5.84 Å². The number of halogens is 1. The number of rotatable bonds is 8. The normalized spacial score (nSPS) is 15.3. The zero-order valence-corrected chi connectivity index (χ0v) is 17.5. The number of amidine groups is 1. The summed E-state index contributed by atoms with van der Waals surface area (Å²) >= 11 is 0. The molecule has 29 heavy (non-hydrogen) atoms. The average molecular weight is 391 g/mol. The van der Waals surface area contributed by atoms with E-state index < -0.39 is 0 Å². The number of allylic oxidation sites excluding steroid dienone is 1. The lowest BCUT2D eigenvalue weighted by Crippen LogP contribution is -2.14. The fourth-order valence-electron chi connectivity index (χ4n) is 3.86. The van der Waals surface area contributed by atoms with Gasteiger partial charge in [0.1, 0.15) is 11.7 Å². The van der Waals surface area contributed by atoms with Crippen molar-refractivity contribution in [3.05, 3.63) is 88.9 Å². The standard InChI is InChI=1S/C26H31FN2/c1-4-19-8-6-9-20(16-19)12-13-24-23(21-10-7-11-21)15-14-22(26(24)27)18(3)17-29-25(28)5-2/h5-6,8-9,14-17,21H,2,4,7,10-13H2,1,3H3,(H2,28,29)/b18-17+. The molecule has 0 unspecified atom stereocenters. The molecule has 0 aliphatic heterocycles. The highest BCUT2D eigenvalue weighted by Gasteiger charge is 2.25. The second kappa shape index (κ2) is 9.69. The van der Waals surface area contributed by atoms with Gasteiger partial charge in [-0.1, -0.05) is 56.3 Å². The quantitative estimate of drug-likeness (QED) is 0.414. The minimum Gasteiger partial charge on any atom is -0.384 e. The summed E-state index contributed by atoms with van der Waals surface area (Å²) in [6.07, 6.45) is 9.23. The lowest BCUT2D eigenvalue weighted by Gasteiger charge is -2.29. The van der Waals surface area contributed by atoms with E-state index in [1.807, 2.05) is 13.0 Å². The molecule has 3 rings (SSSR count). The number of aryl methyl sites for hydroxylation is 2. The van der Waals surface area contributed by atoms with Crippen molar-refractivity contribution in [1.29, 1.82) is 0 Å². The molecule has 152 valence electrons. The van der Waals surface area contributed by atoms with E-state index in [1.165, 1.54) is 29.2 Å². The van der Waals surface area contributed by atoms with Crippen molar-refractivity contribution < 1.29 is 4.39 Å². The van der Waals surface area contributed by atoms with Crippen molar-refractivity contribution in [2.45, 2.75) is 58.3 Å². The van der Waals surface area contributed by atoms with Crippen LogP contribution in [0.1, 0.15) is 66.8 Å². The topological polar surface area (TPSA) is 38.4 Å². The zero-order valence-electron chi connectivity index (χ0n) is 17.5. The van der Waals surface area contributed by atoms with Gasteiger partial charge in [-0.2, -0.15) is 0 Å². The van der Waals surface area contributed by atoms with Gasteiger partial charge in [0, 0.05) is 11.8 Å². The highest BCUT2D eigenvalue weighted by atomic mass is 19.1. The van der Waals surface area contributed by atoms with Crippen LogP contribution in [0.5, 0.6) is 0 Å². The fourth-order valence-corrected chi connectivity index (χ4v) is 3.86. The summed E-state index contributed by atoms with van der Waals surface area (Å²) in [5.74, 6) is 0.711. The minimum absolute atomic E-state index is 0.109. The Morgan fingerprint density at radius 3 is 2.62 bits per heavy atom. The second-order valence-electron chi connectivity index (χ2n) is 7.87. The van der Waals surface area contributed by atoms with Crippen LogP contribution in [0, 0.1) is 5.82 Å². The van der Waals surface area contributed by atoms with Crippen molar-refractivity contribution in [1.82, 2.24) is 0 Å². The number of nitrogens with two attached hydrogens (primary N) is 1. The predicted octanol–water partition coefficient (Wildman–Crippen LogP) is 6.34. The number of benzene rings is 2. The van der Waals surface area contributed by atoms with Crippen LogP contribution in [0.2, 0.25) is 0 Å². The Labute approximate surface area is 174 Å². The third-order valence-electron chi connectivity index (χ3n) is 5.93. The van der Waals surface area contributed by atoms with Gasteiger partial charge in [0.05, 0.1) is 0 Å². The maximum absolute atomic E-state index is 15.6. The number of hydrogen-bond acceptors (Lipinski definition) is 1.